The standard InChI is InChI=1S/C18H15P.2ClH.Pd/c1-4-10-16(11-5-1)19(17-12-6-2-7-13-17)18-14-8-3-9-15-18;;;/h1-15H;2*1H;/q;;;-1/p+1. The summed E-state index contributed by atoms with van der Waals surface area (Å²) in [7, 11) is 0. The first-order valence-corrected chi connectivity index (χ1v) is 10.8. The van der Waals surface area contributed by atoms with Gasteiger partial charge in [-0.05, 0) is 0 Å². The van der Waals surface area contributed by atoms with Crippen molar-refractivity contribution < 1.29 is 18.7 Å². The molecule has 0 aliphatic carbocycles. The maximum atomic E-state index is 3.81. The van der Waals surface area contributed by atoms with Crippen molar-refractivity contribution >= 4 is 46.2 Å². The van der Waals surface area contributed by atoms with Crippen molar-refractivity contribution in [3.63, 3.8) is 0 Å². The third-order valence-electron chi connectivity index (χ3n) is 3.46. The summed E-state index contributed by atoms with van der Waals surface area (Å²) in [5, 5.41) is 4.17. The van der Waals surface area contributed by atoms with Crippen LogP contribution in [0.15, 0.2) is 91.0 Å². The average Bonchev–Trinajstić information content (AvgIpc) is 2.56. The van der Waals surface area contributed by atoms with Crippen molar-refractivity contribution in [2.75, 3.05) is 0 Å². The Labute approximate surface area is 155 Å². The molecular formula is C18H18Cl2PPd. The molecule has 3 aromatic carbocycles. The van der Waals surface area contributed by atoms with E-state index in [1.54, 1.807) is 0 Å². The zero-order valence-corrected chi connectivity index (χ0v) is 16.0. The third kappa shape index (κ3) is 3.80. The van der Waals surface area contributed by atoms with Crippen molar-refractivity contribution in [3.8, 4) is 0 Å². The average molecular weight is 443 g/mol. The van der Waals surface area contributed by atoms with Crippen molar-refractivity contribution in [1.82, 2.24) is 0 Å². The topological polar surface area (TPSA) is 0 Å². The number of benzene rings is 3. The van der Waals surface area contributed by atoms with Gasteiger partial charge in [-0.15, -0.1) is 24.8 Å². The minimum absolute atomic E-state index is 0. The second-order valence-electron chi connectivity index (χ2n) is 4.71. The predicted molar refractivity (Wildman–Crippen MR) is 101 cm³/mol. The Morgan fingerprint density at radius 1 is 0.455 bits per heavy atom. The summed E-state index contributed by atoms with van der Waals surface area (Å²) in [6, 6.07) is 32.3. The van der Waals surface area contributed by atoms with Gasteiger partial charge in [-0.3, -0.25) is 0 Å². The summed E-state index contributed by atoms with van der Waals surface area (Å²) in [4.78, 5) is 0. The van der Waals surface area contributed by atoms with Crippen LogP contribution in [0.4, 0.5) is 0 Å². The van der Waals surface area contributed by atoms with Crippen molar-refractivity contribution in [2.45, 2.75) is 0 Å². The van der Waals surface area contributed by atoms with E-state index in [1.807, 2.05) is 0 Å². The normalized spacial score (nSPS) is 11.0. The van der Waals surface area contributed by atoms with Gasteiger partial charge >= 0.3 is 131 Å². The van der Waals surface area contributed by atoms with Crippen molar-refractivity contribution in [2.24, 2.45) is 0 Å². The molecule has 3 aromatic rings. The minimum atomic E-state index is -2.03. The molecule has 22 heavy (non-hydrogen) atoms. The van der Waals surface area contributed by atoms with Crippen molar-refractivity contribution in [1.29, 1.82) is 0 Å². The summed E-state index contributed by atoms with van der Waals surface area (Å²) in [6.07, 6.45) is 0. The third-order valence-corrected chi connectivity index (χ3v) is 10.8. The molecule has 0 aliphatic rings. The summed E-state index contributed by atoms with van der Waals surface area (Å²) in [5.41, 5.74) is -2.03. The predicted octanol–water partition coefficient (Wildman–Crippen LogP) is 4.02. The molecule has 0 saturated heterocycles. The Kier molecular flexibility index (Phi) is 7.78. The van der Waals surface area contributed by atoms with Crippen LogP contribution in [0.2, 0.25) is 0 Å². The van der Waals surface area contributed by atoms with Gasteiger partial charge in [-0.1, -0.05) is 0 Å². The summed E-state index contributed by atoms with van der Waals surface area (Å²) in [5.74, 6) is 0. The molecule has 3 rings (SSSR count). The molecule has 0 spiro atoms. The van der Waals surface area contributed by atoms with Gasteiger partial charge in [0.2, 0.25) is 0 Å². The van der Waals surface area contributed by atoms with E-state index >= 15 is 0 Å². The quantitative estimate of drug-likeness (QED) is 0.425. The molecule has 0 amide bonds. The molecule has 0 aromatic heterocycles. The Morgan fingerprint density at radius 3 is 0.909 bits per heavy atom. The maximum absolute atomic E-state index is 3.81. The van der Waals surface area contributed by atoms with E-state index in [4.69, 9.17) is 0 Å². The number of hydrogen-bond acceptors (Lipinski definition) is 0. The van der Waals surface area contributed by atoms with Gasteiger partial charge in [0.1, 0.15) is 0 Å². The molecule has 0 saturated carbocycles. The van der Waals surface area contributed by atoms with Crippen LogP contribution in [0.1, 0.15) is 0 Å². The van der Waals surface area contributed by atoms with E-state index in [0.29, 0.717) is 0 Å². The van der Waals surface area contributed by atoms with Gasteiger partial charge in [0.05, 0.1) is 0 Å². The molecule has 0 aliphatic heterocycles. The van der Waals surface area contributed by atoms with Gasteiger partial charge in [0.15, 0.2) is 0 Å². The second kappa shape index (κ2) is 8.83. The first-order valence-electron chi connectivity index (χ1n) is 6.64. The van der Waals surface area contributed by atoms with E-state index in [0.717, 1.165) is 0 Å². The fourth-order valence-corrected chi connectivity index (χ4v) is 7.70. The Bertz CT molecular complexity index is 579. The molecule has 0 N–H and O–H groups in total. The SMILES string of the molecule is Cl.Cl.[Pd][PH](c1ccccc1)(c1ccccc1)c1ccccc1. The first-order chi connectivity index (χ1) is 9.82. The van der Waals surface area contributed by atoms with Crippen molar-refractivity contribution in [3.05, 3.63) is 91.0 Å². The Balaban J connectivity index is 0.00000121. The van der Waals surface area contributed by atoms with Crippen LogP contribution in [-0.2, 0) is 18.7 Å². The summed E-state index contributed by atoms with van der Waals surface area (Å²) >= 11 is 3.81. The fourth-order valence-electron chi connectivity index (χ4n) is 2.47. The summed E-state index contributed by atoms with van der Waals surface area (Å²) < 4.78 is 0. The Hall–Kier alpha value is -0.668. The zero-order chi connectivity index (χ0) is 13.8. The van der Waals surface area contributed by atoms with Gasteiger partial charge in [0.25, 0.3) is 0 Å². The Morgan fingerprint density at radius 2 is 0.682 bits per heavy atom. The van der Waals surface area contributed by atoms with Crippen LogP contribution in [0, 0.1) is 0 Å². The van der Waals surface area contributed by atoms with Crippen LogP contribution in [0.5, 0.6) is 0 Å². The van der Waals surface area contributed by atoms with Crippen LogP contribution >= 0.6 is 30.3 Å². The molecule has 0 heterocycles. The second-order valence-corrected chi connectivity index (χ2v) is 11.2. The van der Waals surface area contributed by atoms with E-state index < -0.39 is 5.45 Å². The zero-order valence-electron chi connectivity index (χ0n) is 11.8. The molecule has 119 valence electrons. The van der Waals surface area contributed by atoms with Gasteiger partial charge in [-0.2, -0.15) is 0 Å². The van der Waals surface area contributed by atoms with E-state index in [1.165, 1.54) is 15.9 Å². The van der Waals surface area contributed by atoms with Crippen LogP contribution in [0.3, 0.4) is 0 Å². The number of halogens is 2. The van der Waals surface area contributed by atoms with Gasteiger partial charge < -0.3 is 0 Å². The molecule has 0 radical (unpaired) electrons. The van der Waals surface area contributed by atoms with E-state index in [9.17, 15) is 0 Å². The number of rotatable bonds is 3. The molecule has 0 bridgehead atoms. The fraction of sp³-hybridized carbons (Fsp3) is 0. The molecule has 0 fully saturated rings. The molecule has 0 unspecified atom stereocenters. The van der Waals surface area contributed by atoms with E-state index in [-0.39, 0.29) is 24.8 Å². The molecule has 0 atom stereocenters. The molecule has 0 nitrogen and oxygen atoms in total. The number of hydrogen-bond donors (Lipinski definition) is 0. The summed E-state index contributed by atoms with van der Waals surface area (Å²) in [6.45, 7) is 0. The van der Waals surface area contributed by atoms with Gasteiger partial charge in [-0.25, -0.2) is 0 Å². The monoisotopic (exact) mass is 441 g/mol. The van der Waals surface area contributed by atoms with Crippen LogP contribution in [-0.4, -0.2) is 0 Å². The molecular weight excluding hydrogens is 424 g/mol. The van der Waals surface area contributed by atoms with E-state index in [2.05, 4.69) is 110 Å². The molecule has 4 heteroatoms. The first kappa shape index (κ1) is 19.4. The van der Waals surface area contributed by atoms with Crippen LogP contribution < -0.4 is 15.9 Å². The van der Waals surface area contributed by atoms with Crippen LogP contribution in [0.25, 0.3) is 0 Å². The van der Waals surface area contributed by atoms with Gasteiger partial charge in [0, 0.05) is 0 Å².